The highest BCUT2D eigenvalue weighted by molar-refractivity contribution is 6.29. The smallest absolute Gasteiger partial charge is 0.0730 e. The number of benzene rings is 10. The van der Waals surface area contributed by atoms with Crippen LogP contribution in [0.15, 0.2) is 218 Å². The van der Waals surface area contributed by atoms with Crippen LogP contribution in [0.4, 0.5) is 0 Å². The summed E-state index contributed by atoms with van der Waals surface area (Å²) in [5.41, 5.74) is 12.3. The van der Waals surface area contributed by atoms with Gasteiger partial charge < -0.3 is 4.57 Å². The summed E-state index contributed by atoms with van der Waals surface area (Å²) < 4.78 is 2.46. The van der Waals surface area contributed by atoms with Gasteiger partial charge in [-0.3, -0.25) is 0 Å². The number of fused-ring (bicyclic) bond motifs is 10. The predicted molar refractivity (Wildman–Crippen MR) is 250 cm³/mol. The van der Waals surface area contributed by atoms with E-state index in [9.17, 15) is 0 Å². The fourth-order valence-electron chi connectivity index (χ4n) is 9.26. The number of hydrogen-bond acceptors (Lipinski definition) is 1. The van der Waals surface area contributed by atoms with Crippen molar-refractivity contribution in [2.75, 3.05) is 0 Å². The van der Waals surface area contributed by atoms with Gasteiger partial charge in [0.2, 0.25) is 0 Å². The minimum absolute atomic E-state index is 0.941. The molecule has 0 bridgehead atoms. The second-order valence-electron chi connectivity index (χ2n) is 15.5. The first-order valence-corrected chi connectivity index (χ1v) is 20.3. The number of pyridine rings is 1. The van der Waals surface area contributed by atoms with E-state index in [-0.39, 0.29) is 0 Å². The summed E-state index contributed by atoms with van der Waals surface area (Å²) in [5, 5.41) is 12.5. The van der Waals surface area contributed by atoms with E-state index in [1.807, 2.05) is 0 Å². The summed E-state index contributed by atoms with van der Waals surface area (Å²) in [6.07, 6.45) is 0. The fourth-order valence-corrected chi connectivity index (χ4v) is 9.26. The van der Waals surface area contributed by atoms with E-state index in [4.69, 9.17) is 4.98 Å². The molecule has 274 valence electrons. The SMILES string of the molecule is c1ccc(-c2ccc3c(c2)c2cc4c5cc(-c6ccc7ccccc7c6)ccc5c5ccccc5c4cc2n3-c2cc(-c3ccccc3)nc(-c3ccccc3)c2)cc1. The minimum atomic E-state index is 0.941. The minimum Gasteiger partial charge on any atom is -0.309 e. The maximum Gasteiger partial charge on any atom is 0.0730 e. The van der Waals surface area contributed by atoms with Crippen molar-refractivity contribution in [3.63, 3.8) is 0 Å². The Morgan fingerprint density at radius 1 is 0.254 bits per heavy atom. The van der Waals surface area contributed by atoms with Crippen LogP contribution in [0.25, 0.3) is 115 Å². The molecule has 0 aliphatic heterocycles. The summed E-state index contributed by atoms with van der Waals surface area (Å²) in [6.45, 7) is 0. The van der Waals surface area contributed by atoms with Gasteiger partial charge in [0.1, 0.15) is 0 Å². The van der Waals surface area contributed by atoms with Gasteiger partial charge in [0, 0.05) is 21.9 Å². The highest BCUT2D eigenvalue weighted by atomic mass is 15.0. The van der Waals surface area contributed by atoms with Crippen LogP contribution in [0.3, 0.4) is 0 Å². The third-order valence-corrected chi connectivity index (χ3v) is 12.1. The summed E-state index contributed by atoms with van der Waals surface area (Å²) in [5.74, 6) is 0. The molecule has 0 radical (unpaired) electrons. The lowest BCUT2D eigenvalue weighted by atomic mass is 9.90. The van der Waals surface area contributed by atoms with Crippen molar-refractivity contribution < 1.29 is 0 Å². The third kappa shape index (κ3) is 5.53. The third-order valence-electron chi connectivity index (χ3n) is 12.1. The monoisotopic (exact) mass is 748 g/mol. The van der Waals surface area contributed by atoms with E-state index in [0.29, 0.717) is 0 Å². The zero-order valence-electron chi connectivity index (χ0n) is 32.2. The van der Waals surface area contributed by atoms with Gasteiger partial charge in [0.15, 0.2) is 0 Å². The molecule has 0 N–H and O–H groups in total. The van der Waals surface area contributed by atoms with E-state index in [0.717, 1.165) is 39.2 Å². The Labute approximate surface area is 341 Å². The molecule has 2 heterocycles. The lowest BCUT2D eigenvalue weighted by molar-refractivity contribution is 1.16. The van der Waals surface area contributed by atoms with Crippen LogP contribution >= 0.6 is 0 Å². The van der Waals surface area contributed by atoms with E-state index >= 15 is 0 Å². The van der Waals surface area contributed by atoms with Gasteiger partial charge in [0.05, 0.1) is 28.1 Å². The molecule has 0 aliphatic rings. The molecule has 12 rings (SSSR count). The van der Waals surface area contributed by atoms with Crippen LogP contribution in [-0.4, -0.2) is 9.55 Å². The van der Waals surface area contributed by atoms with Crippen LogP contribution in [0.1, 0.15) is 0 Å². The molecule has 0 unspecified atom stereocenters. The average Bonchev–Trinajstić information content (AvgIpc) is 3.64. The molecule has 0 amide bonds. The second-order valence-corrected chi connectivity index (χ2v) is 15.5. The number of hydrogen-bond donors (Lipinski definition) is 0. The molecule has 2 aromatic heterocycles. The maximum absolute atomic E-state index is 5.26. The second kappa shape index (κ2) is 13.4. The Hall–Kier alpha value is -7.81. The van der Waals surface area contributed by atoms with Gasteiger partial charge in [-0.25, -0.2) is 4.98 Å². The van der Waals surface area contributed by atoms with Gasteiger partial charge in [-0.15, -0.1) is 0 Å². The van der Waals surface area contributed by atoms with E-state index in [1.54, 1.807) is 0 Å². The lowest BCUT2D eigenvalue weighted by Crippen LogP contribution is -1.98. The van der Waals surface area contributed by atoms with Crippen molar-refractivity contribution in [1.82, 2.24) is 9.55 Å². The molecule has 0 fully saturated rings. The number of rotatable bonds is 5. The summed E-state index contributed by atoms with van der Waals surface area (Å²) in [7, 11) is 0. The highest BCUT2D eigenvalue weighted by Gasteiger charge is 2.19. The molecule has 0 saturated heterocycles. The van der Waals surface area contributed by atoms with Crippen LogP contribution < -0.4 is 0 Å². The Morgan fingerprint density at radius 3 is 1.44 bits per heavy atom. The molecular formula is C57H36N2. The van der Waals surface area contributed by atoms with Gasteiger partial charge in [-0.05, 0) is 114 Å². The van der Waals surface area contributed by atoms with E-state index in [2.05, 4.69) is 223 Å². The molecule has 0 saturated carbocycles. The zero-order valence-corrected chi connectivity index (χ0v) is 32.2. The lowest BCUT2D eigenvalue weighted by Gasteiger charge is -2.15. The topological polar surface area (TPSA) is 17.8 Å². The zero-order chi connectivity index (χ0) is 38.9. The molecule has 0 spiro atoms. The largest absolute Gasteiger partial charge is 0.309 e. The Kier molecular flexibility index (Phi) is 7.57. The van der Waals surface area contributed by atoms with Crippen molar-refractivity contribution in [1.29, 1.82) is 0 Å². The van der Waals surface area contributed by atoms with Gasteiger partial charge in [0.25, 0.3) is 0 Å². The van der Waals surface area contributed by atoms with Gasteiger partial charge >= 0.3 is 0 Å². The highest BCUT2D eigenvalue weighted by Crippen LogP contribution is 2.43. The van der Waals surface area contributed by atoms with Gasteiger partial charge in [-0.2, -0.15) is 0 Å². The Morgan fingerprint density at radius 2 is 0.729 bits per heavy atom. The fraction of sp³-hybridized carbons (Fsp3) is 0. The van der Waals surface area contributed by atoms with Gasteiger partial charge in [-0.1, -0.05) is 170 Å². The molecule has 0 atom stereocenters. The number of aromatic nitrogens is 2. The Balaban J connectivity index is 1.19. The van der Waals surface area contributed by atoms with Crippen molar-refractivity contribution in [3.05, 3.63) is 218 Å². The molecule has 59 heavy (non-hydrogen) atoms. The standard InChI is InChI=1S/C57H36N2/c1-4-14-37(15-5-1)43-27-29-56-52(32-43)53-35-50-49-31-44(42-25-24-38-16-10-11-21-41(38)30-42)26-28-48(49)46-22-12-13-23-47(46)51(50)36-57(53)59(56)45-33-54(39-17-6-2-7-18-39)58-55(34-45)40-19-8-3-9-20-40/h1-36H. The molecule has 0 aliphatic carbocycles. The first-order valence-electron chi connectivity index (χ1n) is 20.3. The summed E-state index contributed by atoms with van der Waals surface area (Å²) in [6, 6.07) is 79.5. The number of nitrogens with zero attached hydrogens (tertiary/aromatic N) is 2. The summed E-state index contributed by atoms with van der Waals surface area (Å²) in [4.78, 5) is 5.26. The van der Waals surface area contributed by atoms with Crippen molar-refractivity contribution in [2.24, 2.45) is 0 Å². The van der Waals surface area contributed by atoms with Crippen LogP contribution in [0.5, 0.6) is 0 Å². The average molecular weight is 749 g/mol. The van der Waals surface area contributed by atoms with Crippen molar-refractivity contribution in [2.45, 2.75) is 0 Å². The molecular weight excluding hydrogens is 713 g/mol. The van der Waals surface area contributed by atoms with Crippen LogP contribution in [-0.2, 0) is 0 Å². The predicted octanol–water partition coefficient (Wildman–Crippen LogP) is 15.5. The van der Waals surface area contributed by atoms with Crippen LogP contribution in [0, 0.1) is 0 Å². The first kappa shape index (κ1) is 33.3. The van der Waals surface area contributed by atoms with Crippen LogP contribution in [0.2, 0.25) is 0 Å². The van der Waals surface area contributed by atoms with E-state index in [1.165, 1.54) is 76.1 Å². The molecule has 2 heteroatoms. The summed E-state index contributed by atoms with van der Waals surface area (Å²) >= 11 is 0. The first-order chi connectivity index (χ1) is 29.2. The van der Waals surface area contributed by atoms with E-state index < -0.39 is 0 Å². The maximum atomic E-state index is 5.26. The molecule has 12 aromatic rings. The molecule has 10 aromatic carbocycles. The van der Waals surface area contributed by atoms with Crippen molar-refractivity contribution in [3.8, 4) is 50.5 Å². The van der Waals surface area contributed by atoms with Crippen molar-refractivity contribution >= 4 is 64.9 Å². The normalized spacial score (nSPS) is 11.7. The molecule has 2 nitrogen and oxygen atoms in total. The Bertz CT molecular complexity index is 3530. The quantitative estimate of drug-likeness (QED) is 0.160.